The molecule has 0 saturated carbocycles. The van der Waals surface area contributed by atoms with Crippen LogP contribution in [0, 0.1) is 12.3 Å². The molecule has 0 spiro atoms. The second-order valence-corrected chi connectivity index (χ2v) is 3.91. The molecule has 0 aromatic rings. The predicted octanol–water partition coefficient (Wildman–Crippen LogP) is 1.44. The zero-order valence-corrected chi connectivity index (χ0v) is 5.58. The Morgan fingerprint density at radius 3 is 3.12 bits per heavy atom. The minimum absolute atomic E-state index is 0.394. The van der Waals surface area contributed by atoms with Crippen LogP contribution in [0.3, 0.4) is 0 Å². The third-order valence-electron chi connectivity index (χ3n) is 1.19. The molecule has 44 valence electrons. The van der Waals surface area contributed by atoms with Gasteiger partial charge in [-0.3, -0.25) is 4.85 Å². The van der Waals surface area contributed by atoms with Crippen LogP contribution in [0.15, 0.2) is 0 Å². The van der Waals surface area contributed by atoms with Crippen LogP contribution < -0.4 is 0 Å². The zero-order chi connectivity index (χ0) is 5.82. The molecule has 1 heterocycles. The monoisotopic (exact) mass is 127 g/mol. The molecule has 1 fully saturated rings. The van der Waals surface area contributed by atoms with Gasteiger partial charge >= 0.3 is 5.88 Å². The summed E-state index contributed by atoms with van der Waals surface area (Å²) in [6, 6.07) is 0. The maximum atomic E-state index is 6.58. The molecule has 1 atom stereocenters. The highest BCUT2D eigenvalue weighted by Crippen LogP contribution is 2.17. The molecule has 1 nitrogen and oxygen atoms in total. The second-order valence-electron chi connectivity index (χ2n) is 1.84. The lowest BCUT2D eigenvalue weighted by atomic mass is 10.4. The van der Waals surface area contributed by atoms with Gasteiger partial charge in [0.1, 0.15) is 0 Å². The minimum Gasteiger partial charge on any atom is -0.268 e. The van der Waals surface area contributed by atoms with Crippen LogP contribution in [0.4, 0.5) is 0 Å². The number of hydrogen-bond acceptors (Lipinski definition) is 0. The van der Waals surface area contributed by atoms with E-state index in [-0.39, 0.29) is 0 Å². The van der Waals surface area contributed by atoms with Crippen molar-refractivity contribution in [3.05, 3.63) is 17.2 Å². The van der Waals surface area contributed by atoms with Crippen molar-refractivity contribution in [1.29, 1.82) is 0 Å². The lowest BCUT2D eigenvalue weighted by molar-refractivity contribution is 0.993. The van der Waals surface area contributed by atoms with Gasteiger partial charge in [0.2, 0.25) is 0 Å². The Morgan fingerprint density at radius 2 is 2.62 bits per heavy atom. The molecule has 0 aromatic heterocycles. The van der Waals surface area contributed by atoms with Crippen LogP contribution in [-0.2, 0) is 10.9 Å². The van der Waals surface area contributed by atoms with E-state index in [0.29, 0.717) is 10.9 Å². The van der Waals surface area contributed by atoms with Gasteiger partial charge in [-0.25, -0.2) is 6.57 Å². The summed E-state index contributed by atoms with van der Waals surface area (Å²) < 4.78 is 0. The Hall–Kier alpha value is -0.160. The SMILES string of the molecule is [C-]#[N+]C[S+]1[CH-]CCC1. The summed E-state index contributed by atoms with van der Waals surface area (Å²) in [4.78, 5) is 3.35. The summed E-state index contributed by atoms with van der Waals surface area (Å²) in [7, 11) is 0.394. The molecule has 1 rings (SSSR count). The van der Waals surface area contributed by atoms with Gasteiger partial charge in [-0.2, -0.15) is 0 Å². The summed E-state index contributed by atoms with van der Waals surface area (Å²) in [5.41, 5.74) is 0. The molecule has 0 amide bonds. The summed E-state index contributed by atoms with van der Waals surface area (Å²) >= 11 is 0. The quantitative estimate of drug-likeness (QED) is 0.371. The molecule has 1 unspecified atom stereocenters. The molecule has 2 heteroatoms. The van der Waals surface area contributed by atoms with E-state index in [2.05, 4.69) is 10.6 Å². The number of hydrogen-bond donors (Lipinski definition) is 0. The highest BCUT2D eigenvalue weighted by molar-refractivity contribution is 7.99. The molecule has 0 bridgehead atoms. The average molecular weight is 127 g/mol. The molecule has 1 aliphatic heterocycles. The first-order chi connectivity index (χ1) is 3.93. The van der Waals surface area contributed by atoms with E-state index < -0.39 is 0 Å². The average Bonchev–Trinajstić information content (AvgIpc) is 2.19. The van der Waals surface area contributed by atoms with Crippen molar-refractivity contribution in [2.75, 3.05) is 11.6 Å². The van der Waals surface area contributed by atoms with Crippen LogP contribution >= 0.6 is 0 Å². The molecular formula is C6H9NS. The zero-order valence-electron chi connectivity index (χ0n) is 4.76. The fourth-order valence-corrected chi connectivity index (χ4v) is 2.41. The van der Waals surface area contributed by atoms with E-state index in [1.54, 1.807) is 0 Å². The largest absolute Gasteiger partial charge is 0.333 e. The van der Waals surface area contributed by atoms with E-state index in [4.69, 9.17) is 6.57 Å². The highest BCUT2D eigenvalue weighted by Gasteiger charge is 2.15. The topological polar surface area (TPSA) is 4.36 Å². The lowest BCUT2D eigenvalue weighted by Gasteiger charge is -1.96. The molecule has 0 aromatic carbocycles. The fourth-order valence-electron chi connectivity index (χ4n) is 0.802. The van der Waals surface area contributed by atoms with E-state index in [1.807, 2.05) is 0 Å². The fraction of sp³-hybridized carbons (Fsp3) is 0.667. The van der Waals surface area contributed by atoms with Gasteiger partial charge in [0.05, 0.1) is 5.75 Å². The molecule has 0 radical (unpaired) electrons. The number of nitrogens with zero attached hydrogens (tertiary/aromatic N) is 1. The normalized spacial score (nSPS) is 27.6. The van der Waals surface area contributed by atoms with Crippen LogP contribution in [0.1, 0.15) is 12.8 Å². The van der Waals surface area contributed by atoms with Crippen LogP contribution in [-0.4, -0.2) is 11.6 Å². The summed E-state index contributed by atoms with van der Waals surface area (Å²) in [5, 5.41) is 0. The van der Waals surface area contributed by atoms with Crippen molar-refractivity contribution < 1.29 is 0 Å². The van der Waals surface area contributed by atoms with Crippen molar-refractivity contribution in [2.45, 2.75) is 12.8 Å². The molecule has 1 aliphatic rings. The Kier molecular flexibility index (Phi) is 2.23. The van der Waals surface area contributed by atoms with Crippen molar-refractivity contribution in [2.24, 2.45) is 0 Å². The predicted molar refractivity (Wildman–Crippen MR) is 37.2 cm³/mol. The van der Waals surface area contributed by atoms with Gasteiger partial charge in [0.25, 0.3) is 0 Å². The first-order valence-corrected chi connectivity index (χ1v) is 4.39. The lowest BCUT2D eigenvalue weighted by Crippen LogP contribution is -2.00. The second kappa shape index (κ2) is 2.99. The molecule has 0 N–H and O–H groups in total. The van der Waals surface area contributed by atoms with E-state index in [9.17, 15) is 0 Å². The molecular weight excluding hydrogens is 118 g/mol. The van der Waals surface area contributed by atoms with Crippen molar-refractivity contribution in [3.63, 3.8) is 0 Å². The van der Waals surface area contributed by atoms with Crippen molar-refractivity contribution in [3.8, 4) is 0 Å². The molecule has 1 saturated heterocycles. The van der Waals surface area contributed by atoms with Gasteiger partial charge < -0.3 is 0 Å². The number of rotatable bonds is 1. The summed E-state index contributed by atoms with van der Waals surface area (Å²) in [6.07, 6.45) is 2.57. The van der Waals surface area contributed by atoms with E-state index in [1.165, 1.54) is 18.6 Å². The molecule has 0 aliphatic carbocycles. The Balaban J connectivity index is 2.17. The van der Waals surface area contributed by atoms with Gasteiger partial charge in [-0.15, -0.1) is 12.2 Å². The first-order valence-electron chi connectivity index (χ1n) is 2.76. The Bertz CT molecular complexity index is 99.6. The van der Waals surface area contributed by atoms with E-state index in [0.717, 1.165) is 5.88 Å². The Morgan fingerprint density at radius 1 is 1.75 bits per heavy atom. The standard InChI is InChI=1S/C6H9NS/c1-7-6-8-4-2-3-5-8/h4H,2-3,5-6H2. The van der Waals surface area contributed by atoms with Crippen LogP contribution in [0.2, 0.25) is 0 Å². The van der Waals surface area contributed by atoms with Crippen LogP contribution in [0.25, 0.3) is 4.85 Å². The van der Waals surface area contributed by atoms with Gasteiger partial charge in [0, 0.05) is 0 Å². The third kappa shape index (κ3) is 1.41. The maximum Gasteiger partial charge on any atom is 0.333 e. The minimum atomic E-state index is 0.394. The van der Waals surface area contributed by atoms with Crippen molar-refractivity contribution >= 4 is 10.9 Å². The van der Waals surface area contributed by atoms with Gasteiger partial charge in [-0.1, -0.05) is 10.9 Å². The Labute approximate surface area is 53.3 Å². The smallest absolute Gasteiger partial charge is 0.268 e. The van der Waals surface area contributed by atoms with Gasteiger partial charge in [-0.05, 0) is 6.42 Å². The van der Waals surface area contributed by atoms with Crippen LogP contribution in [0.5, 0.6) is 0 Å². The van der Waals surface area contributed by atoms with Crippen molar-refractivity contribution in [1.82, 2.24) is 0 Å². The molecule has 8 heavy (non-hydrogen) atoms. The van der Waals surface area contributed by atoms with Gasteiger partial charge in [0.15, 0.2) is 0 Å². The summed E-state index contributed by atoms with van der Waals surface area (Å²) in [5.74, 6) is 4.33. The maximum absolute atomic E-state index is 6.58. The van der Waals surface area contributed by atoms with E-state index >= 15 is 0 Å². The third-order valence-corrected chi connectivity index (χ3v) is 3.18. The first kappa shape index (κ1) is 5.97. The highest BCUT2D eigenvalue weighted by atomic mass is 32.2. The summed E-state index contributed by atoms with van der Waals surface area (Å²) in [6.45, 7) is 6.58.